The Morgan fingerprint density at radius 1 is 0.969 bits per heavy atom. The molecule has 1 aromatic heterocycles. The molecule has 3 aromatic rings. The lowest BCUT2D eigenvalue weighted by molar-refractivity contribution is -0.0655. The zero-order valence-electron chi connectivity index (χ0n) is 18.8. The number of hydrogen-bond donors (Lipinski definition) is 1. The lowest BCUT2D eigenvalue weighted by atomic mass is 9.74. The summed E-state index contributed by atoms with van der Waals surface area (Å²) in [6.45, 7) is 6.45. The van der Waals surface area contributed by atoms with Crippen molar-refractivity contribution in [2.75, 3.05) is 26.2 Å². The van der Waals surface area contributed by atoms with Crippen LogP contribution in [-0.4, -0.2) is 63.2 Å². The summed E-state index contributed by atoms with van der Waals surface area (Å²) in [5, 5.41) is 10.2. The molecule has 2 aliphatic heterocycles. The Morgan fingerprint density at radius 2 is 1.72 bits per heavy atom. The minimum atomic E-state index is 0.212. The molecular formula is C27H32N4O. The Bertz CT molecular complexity index is 1020. The van der Waals surface area contributed by atoms with E-state index >= 15 is 0 Å². The first kappa shape index (κ1) is 21.3. The maximum atomic E-state index is 10.2. The molecule has 32 heavy (non-hydrogen) atoms. The summed E-state index contributed by atoms with van der Waals surface area (Å²) in [6, 6.07) is 18.2. The second-order valence-electron chi connectivity index (χ2n) is 9.21. The lowest BCUT2D eigenvalue weighted by Gasteiger charge is -2.57. The molecule has 2 aromatic carbocycles. The van der Waals surface area contributed by atoms with Crippen LogP contribution in [0, 0.1) is 6.92 Å². The van der Waals surface area contributed by atoms with Crippen LogP contribution in [0.25, 0.3) is 11.1 Å². The monoisotopic (exact) mass is 428 g/mol. The largest absolute Gasteiger partial charge is 0.395 e. The summed E-state index contributed by atoms with van der Waals surface area (Å²) in [5.41, 5.74) is 6.34. The van der Waals surface area contributed by atoms with Crippen molar-refractivity contribution in [3.05, 3.63) is 83.9 Å². The van der Waals surface area contributed by atoms with Gasteiger partial charge in [-0.15, -0.1) is 0 Å². The maximum absolute atomic E-state index is 10.2. The van der Waals surface area contributed by atoms with Crippen LogP contribution in [0.1, 0.15) is 35.4 Å². The van der Waals surface area contributed by atoms with Crippen LogP contribution in [0.3, 0.4) is 0 Å². The van der Waals surface area contributed by atoms with Crippen LogP contribution < -0.4 is 0 Å². The van der Waals surface area contributed by atoms with Crippen molar-refractivity contribution < 1.29 is 5.11 Å². The zero-order chi connectivity index (χ0) is 21.9. The first-order valence-electron chi connectivity index (χ1n) is 11.7. The summed E-state index contributed by atoms with van der Waals surface area (Å²) >= 11 is 0. The molecule has 0 spiro atoms. The molecular weight excluding hydrogens is 396 g/mol. The molecule has 166 valence electrons. The lowest BCUT2D eigenvalue weighted by Crippen LogP contribution is -2.67. The average molecular weight is 429 g/mol. The Kier molecular flexibility index (Phi) is 6.30. The van der Waals surface area contributed by atoms with Crippen molar-refractivity contribution in [2.24, 2.45) is 0 Å². The standard InChI is InChI=1S/C27H32N4O/c1-20-6-2-3-7-24(20)22-8-10-23(11-9-22)27-25-17-30(16-21-14-28-19-29-15-21)12-4-5-13-31(25)26(27)18-32/h2-3,6-11,14-15,19,25-27,32H,4-5,12-13,16-18H2,1H3/t25-,26-,27+/m0/s1. The van der Waals surface area contributed by atoms with Gasteiger partial charge >= 0.3 is 0 Å². The highest BCUT2D eigenvalue weighted by atomic mass is 16.3. The molecule has 2 aliphatic rings. The van der Waals surface area contributed by atoms with Crippen LogP contribution in [0.5, 0.6) is 0 Å². The van der Waals surface area contributed by atoms with Gasteiger partial charge in [0.1, 0.15) is 6.33 Å². The van der Waals surface area contributed by atoms with Gasteiger partial charge in [-0.3, -0.25) is 9.80 Å². The molecule has 0 unspecified atom stereocenters. The van der Waals surface area contributed by atoms with Gasteiger partial charge in [0.2, 0.25) is 0 Å². The fourth-order valence-electron chi connectivity index (χ4n) is 5.61. The third kappa shape index (κ3) is 4.20. The van der Waals surface area contributed by atoms with E-state index in [4.69, 9.17) is 0 Å². The smallest absolute Gasteiger partial charge is 0.115 e. The number of aliphatic hydroxyl groups is 1. The number of nitrogens with zero attached hydrogens (tertiary/aromatic N) is 4. The maximum Gasteiger partial charge on any atom is 0.115 e. The molecule has 0 radical (unpaired) electrons. The summed E-state index contributed by atoms with van der Waals surface area (Å²) in [6.07, 6.45) is 7.79. The fourth-order valence-corrected chi connectivity index (χ4v) is 5.61. The highest BCUT2D eigenvalue weighted by Gasteiger charge is 2.49. The second-order valence-corrected chi connectivity index (χ2v) is 9.21. The van der Waals surface area contributed by atoms with Gasteiger partial charge in [-0.1, -0.05) is 48.5 Å². The minimum Gasteiger partial charge on any atom is -0.395 e. The van der Waals surface area contributed by atoms with Gasteiger partial charge in [0.25, 0.3) is 0 Å². The number of aromatic nitrogens is 2. The van der Waals surface area contributed by atoms with Crippen molar-refractivity contribution in [3.8, 4) is 11.1 Å². The van der Waals surface area contributed by atoms with Crippen LogP contribution in [0.15, 0.2) is 67.3 Å². The molecule has 3 heterocycles. The predicted molar refractivity (Wildman–Crippen MR) is 127 cm³/mol. The Labute approximate surface area is 190 Å². The normalized spacial score (nSPS) is 24.2. The molecule has 2 saturated heterocycles. The van der Waals surface area contributed by atoms with Crippen molar-refractivity contribution in [1.29, 1.82) is 0 Å². The third-order valence-corrected chi connectivity index (χ3v) is 7.23. The first-order chi connectivity index (χ1) is 15.7. The zero-order valence-corrected chi connectivity index (χ0v) is 18.8. The SMILES string of the molecule is Cc1ccccc1-c1ccc([C@H]2[C@H](CO)N3CCCCN(Cc4cncnc4)C[C@@H]23)cc1. The Morgan fingerprint density at radius 3 is 2.47 bits per heavy atom. The van der Waals surface area contributed by atoms with Gasteiger partial charge in [0.15, 0.2) is 0 Å². The summed E-state index contributed by atoms with van der Waals surface area (Å²) in [5.74, 6) is 0.360. The highest BCUT2D eigenvalue weighted by molar-refractivity contribution is 5.67. The van der Waals surface area contributed by atoms with E-state index in [-0.39, 0.29) is 12.6 Å². The second kappa shape index (κ2) is 9.49. The highest BCUT2D eigenvalue weighted by Crippen LogP contribution is 2.42. The van der Waals surface area contributed by atoms with Gasteiger partial charge in [-0.05, 0) is 55.1 Å². The molecule has 5 heteroatoms. The number of aryl methyl sites for hydroxylation is 1. The molecule has 0 aliphatic carbocycles. The van der Waals surface area contributed by atoms with Crippen molar-refractivity contribution in [1.82, 2.24) is 19.8 Å². The van der Waals surface area contributed by atoms with E-state index in [1.165, 1.54) is 35.1 Å². The van der Waals surface area contributed by atoms with Crippen LogP contribution in [0.2, 0.25) is 0 Å². The van der Waals surface area contributed by atoms with Crippen LogP contribution >= 0.6 is 0 Å². The van der Waals surface area contributed by atoms with E-state index in [0.29, 0.717) is 12.0 Å². The predicted octanol–water partition coefficient (Wildman–Crippen LogP) is 3.88. The molecule has 0 saturated carbocycles. The Hall–Kier alpha value is -2.60. The van der Waals surface area contributed by atoms with Gasteiger partial charge in [-0.2, -0.15) is 0 Å². The number of fused-ring (bicyclic) bond motifs is 1. The molecule has 5 rings (SSSR count). The number of rotatable bonds is 5. The topological polar surface area (TPSA) is 52.5 Å². The number of aliphatic hydroxyl groups excluding tert-OH is 1. The molecule has 1 N–H and O–H groups in total. The van der Waals surface area contributed by atoms with E-state index in [2.05, 4.69) is 75.2 Å². The first-order valence-corrected chi connectivity index (χ1v) is 11.7. The van der Waals surface area contributed by atoms with Gasteiger partial charge in [0, 0.05) is 49.0 Å². The molecule has 0 bridgehead atoms. The quantitative estimate of drug-likeness (QED) is 0.668. The van der Waals surface area contributed by atoms with E-state index in [1.807, 2.05) is 12.4 Å². The van der Waals surface area contributed by atoms with E-state index in [0.717, 1.165) is 31.7 Å². The average Bonchev–Trinajstić information content (AvgIpc) is 2.81. The molecule has 5 nitrogen and oxygen atoms in total. The molecule has 3 atom stereocenters. The van der Waals surface area contributed by atoms with Gasteiger partial charge < -0.3 is 5.11 Å². The summed E-state index contributed by atoms with van der Waals surface area (Å²) in [4.78, 5) is 13.4. The van der Waals surface area contributed by atoms with Gasteiger partial charge in [0.05, 0.1) is 6.61 Å². The fraction of sp³-hybridized carbons (Fsp3) is 0.407. The molecule has 0 amide bonds. The van der Waals surface area contributed by atoms with Crippen molar-refractivity contribution >= 4 is 0 Å². The van der Waals surface area contributed by atoms with Gasteiger partial charge in [-0.25, -0.2) is 9.97 Å². The Balaban J connectivity index is 1.37. The van der Waals surface area contributed by atoms with E-state index in [9.17, 15) is 5.11 Å². The van der Waals surface area contributed by atoms with E-state index < -0.39 is 0 Å². The minimum absolute atomic E-state index is 0.212. The van der Waals surface area contributed by atoms with Crippen LogP contribution in [-0.2, 0) is 6.54 Å². The van der Waals surface area contributed by atoms with Crippen LogP contribution in [0.4, 0.5) is 0 Å². The summed E-state index contributed by atoms with van der Waals surface area (Å²) < 4.78 is 0. The van der Waals surface area contributed by atoms with Crippen molar-refractivity contribution in [2.45, 2.75) is 44.3 Å². The molecule has 2 fully saturated rings. The third-order valence-electron chi connectivity index (χ3n) is 7.23. The summed E-state index contributed by atoms with van der Waals surface area (Å²) in [7, 11) is 0. The number of benzene rings is 2. The number of hydrogen-bond acceptors (Lipinski definition) is 5. The van der Waals surface area contributed by atoms with Crippen molar-refractivity contribution in [3.63, 3.8) is 0 Å². The van der Waals surface area contributed by atoms with E-state index in [1.54, 1.807) is 6.33 Å².